The van der Waals surface area contributed by atoms with Crippen LogP contribution in [0.2, 0.25) is 0 Å². The summed E-state index contributed by atoms with van der Waals surface area (Å²) in [6, 6.07) is 3.45. The van der Waals surface area contributed by atoms with Gasteiger partial charge < -0.3 is 14.9 Å². The van der Waals surface area contributed by atoms with Gasteiger partial charge in [-0.05, 0) is 24.6 Å². The van der Waals surface area contributed by atoms with Gasteiger partial charge in [0.1, 0.15) is 10.6 Å². The Bertz CT molecular complexity index is 804. The molecule has 2 atom stereocenters. The van der Waals surface area contributed by atoms with Crippen LogP contribution in [0, 0.1) is 6.92 Å². The number of sulfonamides is 1. The number of aliphatic hydroxyl groups excluding tert-OH is 2. The van der Waals surface area contributed by atoms with Gasteiger partial charge in [0.2, 0.25) is 10.0 Å². The Kier molecular flexibility index (Phi) is 5.55. The summed E-state index contributed by atoms with van der Waals surface area (Å²) in [6.45, 7) is 0.886. The van der Waals surface area contributed by atoms with Gasteiger partial charge in [0.05, 0.1) is 37.4 Å². The first-order chi connectivity index (χ1) is 11.1. The fourth-order valence-electron chi connectivity index (χ4n) is 2.76. The summed E-state index contributed by atoms with van der Waals surface area (Å²) >= 11 is 0. The van der Waals surface area contributed by atoms with E-state index < -0.39 is 50.1 Å². The maximum absolute atomic E-state index is 13.0. The van der Waals surface area contributed by atoms with Gasteiger partial charge in [-0.15, -0.1) is 0 Å². The van der Waals surface area contributed by atoms with Crippen LogP contribution in [-0.4, -0.2) is 75.3 Å². The third-order valence-electron chi connectivity index (χ3n) is 3.89. The van der Waals surface area contributed by atoms with E-state index in [-0.39, 0.29) is 17.2 Å². The van der Waals surface area contributed by atoms with Gasteiger partial charge >= 0.3 is 0 Å². The Labute approximate surface area is 141 Å². The third kappa shape index (κ3) is 3.72. The van der Waals surface area contributed by atoms with Crippen LogP contribution in [-0.2, 0) is 19.9 Å². The predicted molar refractivity (Wildman–Crippen MR) is 87.2 cm³/mol. The molecule has 2 N–H and O–H groups in total. The molecule has 1 heterocycles. The Morgan fingerprint density at radius 3 is 2.50 bits per heavy atom. The van der Waals surface area contributed by atoms with Crippen LogP contribution in [0.15, 0.2) is 23.1 Å². The minimum Gasteiger partial charge on any atom is -0.495 e. The molecule has 0 unspecified atom stereocenters. The Morgan fingerprint density at radius 1 is 1.33 bits per heavy atom. The van der Waals surface area contributed by atoms with Crippen molar-refractivity contribution in [3.8, 4) is 5.75 Å². The van der Waals surface area contributed by atoms with Crippen LogP contribution in [0.1, 0.15) is 5.56 Å². The summed E-state index contributed by atoms with van der Waals surface area (Å²) in [5, 5.41) is 19.3. The molecule has 1 aromatic rings. The van der Waals surface area contributed by atoms with Crippen molar-refractivity contribution < 1.29 is 31.8 Å². The number of sulfone groups is 1. The molecule has 1 saturated heterocycles. The van der Waals surface area contributed by atoms with Gasteiger partial charge in [-0.2, -0.15) is 4.31 Å². The number of ether oxygens (including phenoxy) is 1. The van der Waals surface area contributed by atoms with Crippen molar-refractivity contribution in [2.24, 2.45) is 0 Å². The lowest BCUT2D eigenvalue weighted by Crippen LogP contribution is -2.47. The largest absolute Gasteiger partial charge is 0.495 e. The van der Waals surface area contributed by atoms with Crippen molar-refractivity contribution in [1.82, 2.24) is 4.31 Å². The van der Waals surface area contributed by atoms with Gasteiger partial charge in [-0.1, -0.05) is 6.07 Å². The minimum atomic E-state index is -4.17. The van der Waals surface area contributed by atoms with Crippen LogP contribution >= 0.6 is 0 Å². The molecule has 0 aromatic heterocycles. The zero-order valence-electron chi connectivity index (χ0n) is 13.4. The molecule has 8 nitrogen and oxygen atoms in total. The van der Waals surface area contributed by atoms with E-state index in [1.807, 2.05) is 0 Å². The highest BCUT2D eigenvalue weighted by Gasteiger charge is 2.45. The van der Waals surface area contributed by atoms with Crippen LogP contribution in [0.4, 0.5) is 0 Å². The first-order valence-corrected chi connectivity index (χ1v) is 10.5. The average Bonchev–Trinajstić information content (AvgIpc) is 2.77. The number of aliphatic hydroxyl groups is 2. The number of hydrogen-bond donors (Lipinski definition) is 2. The summed E-state index contributed by atoms with van der Waals surface area (Å²) in [7, 11) is -6.39. The Hall–Kier alpha value is -1.20. The zero-order chi connectivity index (χ0) is 18.1. The van der Waals surface area contributed by atoms with Crippen LogP contribution in [0.3, 0.4) is 0 Å². The molecule has 0 bridgehead atoms. The second kappa shape index (κ2) is 6.96. The smallest absolute Gasteiger partial charge is 0.247 e. The van der Waals surface area contributed by atoms with Crippen molar-refractivity contribution in [2.45, 2.75) is 24.0 Å². The maximum atomic E-state index is 13.0. The highest BCUT2D eigenvalue weighted by molar-refractivity contribution is 7.92. The monoisotopic (exact) mass is 379 g/mol. The molecular formula is C14H21NO7S2. The molecule has 1 aliphatic rings. The first kappa shape index (κ1) is 19.1. The molecule has 1 fully saturated rings. The van der Waals surface area contributed by atoms with Crippen molar-refractivity contribution >= 4 is 19.9 Å². The lowest BCUT2D eigenvalue weighted by molar-refractivity contribution is 0.117. The van der Waals surface area contributed by atoms with Crippen molar-refractivity contribution in [2.75, 3.05) is 31.8 Å². The number of hydrogen-bond acceptors (Lipinski definition) is 7. The molecule has 0 saturated carbocycles. The van der Waals surface area contributed by atoms with Crippen molar-refractivity contribution in [3.05, 3.63) is 23.8 Å². The van der Waals surface area contributed by atoms with Crippen molar-refractivity contribution in [3.63, 3.8) is 0 Å². The molecule has 0 radical (unpaired) electrons. The lowest BCUT2D eigenvalue weighted by Gasteiger charge is -2.29. The molecule has 2 rings (SSSR count). The van der Waals surface area contributed by atoms with Gasteiger partial charge in [-0.25, -0.2) is 16.8 Å². The molecule has 1 aromatic carbocycles. The van der Waals surface area contributed by atoms with E-state index in [2.05, 4.69) is 0 Å². The molecule has 0 amide bonds. The molecule has 136 valence electrons. The number of aryl methyl sites for hydroxylation is 1. The van der Waals surface area contributed by atoms with E-state index in [0.29, 0.717) is 5.56 Å². The quantitative estimate of drug-likeness (QED) is 0.660. The second-order valence-corrected chi connectivity index (χ2v) is 9.72. The number of nitrogens with zero attached hydrogens (tertiary/aromatic N) is 1. The summed E-state index contributed by atoms with van der Waals surface area (Å²) in [5.41, 5.74) is 0.679. The first-order valence-electron chi connectivity index (χ1n) is 7.28. The van der Waals surface area contributed by atoms with Gasteiger partial charge in [-0.3, -0.25) is 0 Å². The highest BCUT2D eigenvalue weighted by Crippen LogP contribution is 2.31. The molecule has 0 aliphatic carbocycles. The molecular weight excluding hydrogens is 358 g/mol. The molecule has 0 spiro atoms. The van der Waals surface area contributed by atoms with Crippen LogP contribution in [0.5, 0.6) is 5.75 Å². The summed E-state index contributed by atoms with van der Waals surface area (Å²) in [5.74, 6) is -0.874. The average molecular weight is 379 g/mol. The fraction of sp³-hybridized carbons (Fsp3) is 0.571. The van der Waals surface area contributed by atoms with E-state index in [1.54, 1.807) is 13.0 Å². The number of rotatable bonds is 6. The number of benzene rings is 1. The molecule has 1 aliphatic heterocycles. The van der Waals surface area contributed by atoms with E-state index in [0.717, 1.165) is 4.31 Å². The second-order valence-electron chi connectivity index (χ2n) is 5.71. The van der Waals surface area contributed by atoms with Gasteiger partial charge in [0, 0.05) is 6.54 Å². The SMILES string of the molecule is COc1ccc(C)cc1S(=O)(=O)N(CCO)[C@@H]1CS(=O)(=O)C[C@@H]1O. The van der Waals surface area contributed by atoms with E-state index >= 15 is 0 Å². The highest BCUT2D eigenvalue weighted by atomic mass is 32.2. The van der Waals surface area contributed by atoms with E-state index in [9.17, 15) is 27.0 Å². The van der Waals surface area contributed by atoms with Gasteiger partial charge in [0.15, 0.2) is 9.84 Å². The number of methoxy groups -OCH3 is 1. The third-order valence-corrected chi connectivity index (χ3v) is 7.53. The van der Waals surface area contributed by atoms with E-state index in [1.165, 1.54) is 19.2 Å². The normalized spacial score (nSPS) is 23.5. The lowest BCUT2D eigenvalue weighted by atomic mass is 10.2. The Balaban J connectivity index is 2.53. The fourth-order valence-corrected chi connectivity index (χ4v) is 6.54. The predicted octanol–water partition coefficient (Wildman–Crippen LogP) is -0.855. The van der Waals surface area contributed by atoms with E-state index in [4.69, 9.17) is 4.74 Å². The summed E-state index contributed by atoms with van der Waals surface area (Å²) in [6.07, 6.45) is -1.34. The van der Waals surface area contributed by atoms with Crippen LogP contribution in [0.25, 0.3) is 0 Å². The maximum Gasteiger partial charge on any atom is 0.247 e. The Morgan fingerprint density at radius 2 is 2.00 bits per heavy atom. The minimum absolute atomic E-state index is 0.110. The van der Waals surface area contributed by atoms with Crippen LogP contribution < -0.4 is 4.74 Å². The topological polar surface area (TPSA) is 121 Å². The van der Waals surface area contributed by atoms with Gasteiger partial charge in [0.25, 0.3) is 0 Å². The van der Waals surface area contributed by atoms with Crippen molar-refractivity contribution in [1.29, 1.82) is 0 Å². The summed E-state index contributed by atoms with van der Waals surface area (Å²) < 4.78 is 55.5. The summed E-state index contributed by atoms with van der Waals surface area (Å²) in [4.78, 5) is -0.130. The standard InChI is InChI=1S/C14H21NO7S2/c1-10-3-4-13(22-2)14(7-10)24(20,21)15(5-6-16)11-8-23(18,19)9-12(11)17/h3-4,7,11-12,16-17H,5-6,8-9H2,1-2H3/t11-,12+/m1/s1. The zero-order valence-corrected chi connectivity index (χ0v) is 15.0. The molecule has 24 heavy (non-hydrogen) atoms. The molecule has 10 heteroatoms.